The van der Waals surface area contributed by atoms with E-state index < -0.39 is 0 Å². The van der Waals surface area contributed by atoms with Crippen LogP contribution in [-0.4, -0.2) is 25.7 Å². The van der Waals surface area contributed by atoms with Crippen molar-refractivity contribution >= 4 is 23.2 Å². The Morgan fingerprint density at radius 2 is 2.00 bits per heavy atom. The Morgan fingerprint density at radius 1 is 1.14 bits per heavy atom. The molecule has 3 aromatic rings. The van der Waals surface area contributed by atoms with Crippen LogP contribution in [0.4, 0.5) is 5.69 Å². The summed E-state index contributed by atoms with van der Waals surface area (Å²) in [4.78, 5) is 16.2. The van der Waals surface area contributed by atoms with Crippen LogP contribution in [0.1, 0.15) is 10.5 Å². The van der Waals surface area contributed by atoms with Gasteiger partial charge in [-0.2, -0.15) is 0 Å². The summed E-state index contributed by atoms with van der Waals surface area (Å²) < 4.78 is 1.81. The van der Waals surface area contributed by atoms with Crippen molar-refractivity contribution in [1.82, 2.24) is 19.7 Å². The largest absolute Gasteiger partial charge is 0.319 e. The fraction of sp³-hybridized carbons (Fsp3) is 0. The number of halogens is 1. The van der Waals surface area contributed by atoms with Crippen LogP contribution < -0.4 is 5.32 Å². The molecular weight excluding hydrogens is 290 g/mol. The van der Waals surface area contributed by atoms with Gasteiger partial charge in [-0.25, -0.2) is 4.98 Å². The van der Waals surface area contributed by atoms with Gasteiger partial charge in [-0.05, 0) is 24.3 Å². The molecule has 2 aromatic heterocycles. The summed E-state index contributed by atoms with van der Waals surface area (Å²) in [6.45, 7) is 0. The third-order valence-electron chi connectivity index (χ3n) is 2.80. The number of benzene rings is 1. The number of rotatable bonds is 3. The Bertz CT molecular complexity index is 755. The highest BCUT2D eigenvalue weighted by molar-refractivity contribution is 6.29. The molecule has 104 valence electrons. The number of aromatic nitrogens is 4. The molecule has 0 aliphatic heterocycles. The number of para-hydroxylation sites is 2. The van der Waals surface area contributed by atoms with Crippen molar-refractivity contribution in [3.05, 3.63) is 66.0 Å². The van der Waals surface area contributed by atoms with Crippen LogP contribution in [0.2, 0.25) is 5.15 Å². The zero-order valence-electron chi connectivity index (χ0n) is 10.8. The first-order valence-corrected chi connectivity index (χ1v) is 6.50. The van der Waals surface area contributed by atoms with Crippen LogP contribution in [0.15, 0.2) is 55.1 Å². The molecule has 0 radical (unpaired) electrons. The summed E-state index contributed by atoms with van der Waals surface area (Å²) in [5.41, 5.74) is 1.65. The predicted octanol–water partition coefficient (Wildman–Crippen LogP) is 2.57. The standard InChI is InChI=1S/C14H10ClN5O/c15-13-6-5-11(18-19-13)14(21)17-10-3-1-2-4-12(10)20-8-7-16-9-20/h1-9H,(H,17,21). The minimum Gasteiger partial charge on any atom is -0.319 e. The number of nitrogens with zero attached hydrogens (tertiary/aromatic N) is 4. The van der Waals surface area contributed by atoms with Gasteiger partial charge in [0.2, 0.25) is 0 Å². The molecule has 0 unspecified atom stereocenters. The van der Waals surface area contributed by atoms with Gasteiger partial charge in [0.15, 0.2) is 10.8 Å². The molecule has 3 rings (SSSR count). The van der Waals surface area contributed by atoms with Gasteiger partial charge in [-0.1, -0.05) is 23.7 Å². The van der Waals surface area contributed by atoms with E-state index >= 15 is 0 Å². The molecule has 0 saturated heterocycles. The fourth-order valence-electron chi connectivity index (χ4n) is 1.83. The minimum atomic E-state index is -0.355. The lowest BCUT2D eigenvalue weighted by Crippen LogP contribution is -2.15. The first-order valence-electron chi connectivity index (χ1n) is 6.12. The lowest BCUT2D eigenvalue weighted by atomic mass is 10.2. The molecular formula is C14H10ClN5O. The Labute approximate surface area is 125 Å². The molecule has 1 amide bonds. The highest BCUT2D eigenvalue weighted by Crippen LogP contribution is 2.20. The van der Waals surface area contributed by atoms with Crippen molar-refractivity contribution < 1.29 is 4.79 Å². The quantitative estimate of drug-likeness (QED) is 0.806. The summed E-state index contributed by atoms with van der Waals surface area (Å²) in [7, 11) is 0. The molecule has 1 aromatic carbocycles. The number of carbonyl (C=O) groups excluding carboxylic acids is 1. The molecule has 1 N–H and O–H groups in total. The van der Waals surface area contributed by atoms with Crippen LogP contribution in [0.3, 0.4) is 0 Å². The maximum Gasteiger partial charge on any atom is 0.276 e. The molecule has 0 aliphatic rings. The van der Waals surface area contributed by atoms with E-state index in [0.717, 1.165) is 5.69 Å². The second-order valence-corrected chi connectivity index (χ2v) is 4.57. The summed E-state index contributed by atoms with van der Waals surface area (Å²) in [6.07, 6.45) is 5.13. The lowest BCUT2D eigenvalue weighted by molar-refractivity contribution is 0.102. The number of imidazole rings is 1. The van der Waals surface area contributed by atoms with Crippen molar-refractivity contribution in [3.63, 3.8) is 0 Å². The van der Waals surface area contributed by atoms with Gasteiger partial charge in [-0.15, -0.1) is 10.2 Å². The van der Waals surface area contributed by atoms with Crippen molar-refractivity contribution in [3.8, 4) is 5.69 Å². The summed E-state index contributed by atoms with van der Waals surface area (Å²) in [5.74, 6) is -0.355. The number of nitrogens with one attached hydrogen (secondary N) is 1. The van der Waals surface area contributed by atoms with E-state index in [9.17, 15) is 4.79 Å². The summed E-state index contributed by atoms with van der Waals surface area (Å²) in [5, 5.41) is 10.4. The number of anilines is 1. The van der Waals surface area contributed by atoms with Gasteiger partial charge in [-0.3, -0.25) is 4.79 Å². The third kappa shape index (κ3) is 2.90. The van der Waals surface area contributed by atoms with Crippen molar-refractivity contribution in [2.75, 3.05) is 5.32 Å². The minimum absolute atomic E-state index is 0.194. The second kappa shape index (κ2) is 5.72. The summed E-state index contributed by atoms with van der Waals surface area (Å²) >= 11 is 5.65. The number of amides is 1. The van der Waals surface area contributed by atoms with Crippen molar-refractivity contribution in [1.29, 1.82) is 0 Å². The molecule has 0 saturated carbocycles. The number of hydrogen-bond acceptors (Lipinski definition) is 4. The molecule has 0 aliphatic carbocycles. The third-order valence-corrected chi connectivity index (χ3v) is 3.00. The van der Waals surface area contributed by atoms with E-state index in [-0.39, 0.29) is 16.8 Å². The first-order chi connectivity index (χ1) is 10.2. The highest BCUT2D eigenvalue weighted by Gasteiger charge is 2.11. The number of carbonyl (C=O) groups is 1. The average Bonchev–Trinajstić information content (AvgIpc) is 3.02. The summed E-state index contributed by atoms with van der Waals surface area (Å²) in [6, 6.07) is 10.4. The SMILES string of the molecule is O=C(Nc1ccccc1-n1ccnc1)c1ccc(Cl)nn1. The first kappa shape index (κ1) is 13.3. The monoisotopic (exact) mass is 299 g/mol. The Morgan fingerprint density at radius 3 is 2.71 bits per heavy atom. The van der Waals surface area contributed by atoms with Gasteiger partial charge in [0.25, 0.3) is 5.91 Å². The maximum absolute atomic E-state index is 12.2. The van der Waals surface area contributed by atoms with Crippen LogP contribution >= 0.6 is 11.6 Å². The Hall–Kier alpha value is -2.73. The average molecular weight is 300 g/mol. The van der Waals surface area contributed by atoms with Crippen molar-refractivity contribution in [2.45, 2.75) is 0 Å². The van der Waals surface area contributed by atoms with Crippen LogP contribution in [0.25, 0.3) is 5.69 Å². The van der Waals surface area contributed by atoms with Crippen LogP contribution in [0, 0.1) is 0 Å². The van der Waals surface area contributed by atoms with Crippen LogP contribution in [0.5, 0.6) is 0 Å². The molecule has 7 heteroatoms. The van der Waals surface area contributed by atoms with Crippen molar-refractivity contribution in [2.24, 2.45) is 0 Å². The van der Waals surface area contributed by atoms with Gasteiger partial charge < -0.3 is 9.88 Å². The molecule has 0 fully saturated rings. The zero-order valence-corrected chi connectivity index (χ0v) is 11.5. The van der Waals surface area contributed by atoms with E-state index in [0.29, 0.717) is 5.69 Å². The molecule has 0 atom stereocenters. The Balaban J connectivity index is 1.88. The molecule has 0 bridgehead atoms. The fourth-order valence-corrected chi connectivity index (χ4v) is 1.93. The van der Waals surface area contributed by atoms with Gasteiger partial charge in [0.05, 0.1) is 17.7 Å². The van der Waals surface area contributed by atoms with E-state index in [1.165, 1.54) is 12.1 Å². The molecule has 21 heavy (non-hydrogen) atoms. The normalized spacial score (nSPS) is 10.3. The predicted molar refractivity (Wildman–Crippen MR) is 78.6 cm³/mol. The molecule has 6 nitrogen and oxygen atoms in total. The van der Waals surface area contributed by atoms with E-state index in [2.05, 4.69) is 20.5 Å². The van der Waals surface area contributed by atoms with Gasteiger partial charge in [0.1, 0.15) is 0 Å². The van der Waals surface area contributed by atoms with E-state index in [4.69, 9.17) is 11.6 Å². The van der Waals surface area contributed by atoms with Crippen LogP contribution in [-0.2, 0) is 0 Å². The van der Waals surface area contributed by atoms with E-state index in [1.807, 2.05) is 22.8 Å². The van der Waals surface area contributed by atoms with Gasteiger partial charge in [0, 0.05) is 12.4 Å². The zero-order chi connectivity index (χ0) is 14.7. The van der Waals surface area contributed by atoms with E-state index in [1.54, 1.807) is 24.8 Å². The topological polar surface area (TPSA) is 72.7 Å². The smallest absolute Gasteiger partial charge is 0.276 e. The van der Waals surface area contributed by atoms with Gasteiger partial charge >= 0.3 is 0 Å². The highest BCUT2D eigenvalue weighted by atomic mass is 35.5. The lowest BCUT2D eigenvalue weighted by Gasteiger charge is -2.10. The molecule has 2 heterocycles. The molecule has 0 spiro atoms. The second-order valence-electron chi connectivity index (χ2n) is 4.18. The maximum atomic E-state index is 12.2. The Kier molecular flexibility index (Phi) is 3.61. The number of hydrogen-bond donors (Lipinski definition) is 1.